The quantitative estimate of drug-likeness (QED) is 0.750. The van der Waals surface area contributed by atoms with E-state index in [1.165, 1.54) is 24.3 Å². The average Bonchev–Trinajstić information content (AvgIpc) is 2.91. The second kappa shape index (κ2) is 8.46. The molecule has 0 bridgehead atoms. The van der Waals surface area contributed by atoms with Crippen LogP contribution in [0.25, 0.3) is 0 Å². The van der Waals surface area contributed by atoms with Crippen LogP contribution in [0.1, 0.15) is 30.8 Å². The molecule has 0 fully saturated rings. The van der Waals surface area contributed by atoms with E-state index in [-0.39, 0.29) is 30.7 Å². The molecule has 140 valence electrons. The van der Waals surface area contributed by atoms with Crippen molar-refractivity contribution < 1.29 is 23.8 Å². The van der Waals surface area contributed by atoms with E-state index in [1.54, 1.807) is 4.68 Å². The fraction of sp³-hybridized carbons (Fsp3) is 0.389. The Kier molecular flexibility index (Phi) is 6.32. The Morgan fingerprint density at radius 2 is 1.96 bits per heavy atom. The van der Waals surface area contributed by atoms with Crippen molar-refractivity contribution in [2.24, 2.45) is 0 Å². The SMILES string of the molecule is Cc1cc(C)n(C(C)CC(=O)NCC(Oc2ccc(F)cc2)C(=O)O)n1. The summed E-state index contributed by atoms with van der Waals surface area (Å²) in [6, 6.07) is 6.76. The van der Waals surface area contributed by atoms with Gasteiger partial charge in [0.25, 0.3) is 0 Å². The van der Waals surface area contributed by atoms with Crippen molar-refractivity contribution in [1.29, 1.82) is 0 Å². The number of carbonyl (C=O) groups is 2. The number of halogens is 1. The molecule has 0 aliphatic heterocycles. The fourth-order valence-corrected chi connectivity index (χ4v) is 2.58. The predicted octanol–water partition coefficient (Wildman–Crippen LogP) is 2.24. The van der Waals surface area contributed by atoms with Gasteiger partial charge in [0.05, 0.1) is 18.3 Å². The summed E-state index contributed by atoms with van der Waals surface area (Å²) in [5.74, 6) is -1.76. The normalized spacial score (nSPS) is 13.1. The number of carbonyl (C=O) groups excluding carboxylic acids is 1. The summed E-state index contributed by atoms with van der Waals surface area (Å²) in [5.41, 5.74) is 1.82. The molecule has 26 heavy (non-hydrogen) atoms. The minimum Gasteiger partial charge on any atom is -0.478 e. The second-order valence-electron chi connectivity index (χ2n) is 6.13. The Hall–Kier alpha value is -2.90. The van der Waals surface area contributed by atoms with Crippen LogP contribution >= 0.6 is 0 Å². The number of amides is 1. The van der Waals surface area contributed by atoms with Crippen LogP contribution in [0.5, 0.6) is 5.75 Å². The van der Waals surface area contributed by atoms with E-state index in [0.29, 0.717) is 0 Å². The van der Waals surface area contributed by atoms with Gasteiger partial charge in [-0.1, -0.05) is 0 Å². The van der Waals surface area contributed by atoms with Crippen molar-refractivity contribution in [3.63, 3.8) is 0 Å². The van der Waals surface area contributed by atoms with Crippen molar-refractivity contribution >= 4 is 11.9 Å². The lowest BCUT2D eigenvalue weighted by Crippen LogP contribution is -2.40. The maximum absolute atomic E-state index is 12.9. The van der Waals surface area contributed by atoms with Crippen LogP contribution in [-0.2, 0) is 9.59 Å². The number of aryl methyl sites for hydroxylation is 2. The predicted molar refractivity (Wildman–Crippen MR) is 92.5 cm³/mol. The highest BCUT2D eigenvalue weighted by Crippen LogP contribution is 2.15. The standard InChI is InChI=1S/C18H22FN3O4/c1-11-8-12(2)22(21-11)13(3)9-17(23)20-10-16(18(24)25)26-15-6-4-14(19)5-7-15/h4-8,13,16H,9-10H2,1-3H3,(H,20,23)(H,24,25). The third kappa shape index (κ3) is 5.30. The summed E-state index contributed by atoms with van der Waals surface area (Å²) in [5, 5.41) is 16.1. The van der Waals surface area contributed by atoms with Crippen LogP contribution < -0.4 is 10.1 Å². The molecule has 1 heterocycles. The first kappa shape index (κ1) is 19.4. The van der Waals surface area contributed by atoms with Crippen LogP contribution in [0.4, 0.5) is 4.39 Å². The highest BCUT2D eigenvalue weighted by atomic mass is 19.1. The molecule has 0 saturated heterocycles. The molecule has 1 aromatic carbocycles. The number of ether oxygens (including phenoxy) is 1. The molecule has 1 aromatic heterocycles. The molecule has 2 N–H and O–H groups in total. The van der Waals surface area contributed by atoms with Gasteiger partial charge in [-0.25, -0.2) is 9.18 Å². The smallest absolute Gasteiger partial charge is 0.346 e. The van der Waals surface area contributed by atoms with E-state index in [0.717, 1.165) is 11.4 Å². The number of hydrogen-bond acceptors (Lipinski definition) is 4. The van der Waals surface area contributed by atoms with Crippen LogP contribution in [0.15, 0.2) is 30.3 Å². The monoisotopic (exact) mass is 363 g/mol. The number of nitrogens with zero attached hydrogens (tertiary/aromatic N) is 2. The number of hydrogen-bond donors (Lipinski definition) is 2. The first-order valence-electron chi connectivity index (χ1n) is 8.20. The Bertz CT molecular complexity index is 773. The second-order valence-corrected chi connectivity index (χ2v) is 6.13. The Balaban J connectivity index is 1.89. The molecule has 0 radical (unpaired) electrons. The Labute approximate surface area is 150 Å². The maximum atomic E-state index is 12.9. The van der Waals surface area contributed by atoms with E-state index in [2.05, 4.69) is 10.4 Å². The summed E-state index contributed by atoms with van der Waals surface area (Å²) in [7, 11) is 0. The molecule has 8 heteroatoms. The van der Waals surface area contributed by atoms with Crippen molar-refractivity contribution in [1.82, 2.24) is 15.1 Å². The van der Waals surface area contributed by atoms with Gasteiger partial charge in [0.2, 0.25) is 12.0 Å². The lowest BCUT2D eigenvalue weighted by Gasteiger charge is -2.17. The van der Waals surface area contributed by atoms with Crippen LogP contribution in [0.3, 0.4) is 0 Å². The molecule has 7 nitrogen and oxygen atoms in total. The average molecular weight is 363 g/mol. The molecule has 2 unspecified atom stereocenters. The van der Waals surface area contributed by atoms with Crippen molar-refractivity contribution in [2.75, 3.05) is 6.54 Å². The van der Waals surface area contributed by atoms with Crippen LogP contribution in [-0.4, -0.2) is 39.4 Å². The summed E-state index contributed by atoms with van der Waals surface area (Å²) in [4.78, 5) is 23.4. The highest BCUT2D eigenvalue weighted by molar-refractivity contribution is 5.78. The molecular formula is C18H22FN3O4. The largest absolute Gasteiger partial charge is 0.478 e. The van der Waals surface area contributed by atoms with Crippen molar-refractivity contribution in [3.8, 4) is 5.75 Å². The number of carboxylic acids is 1. The molecule has 2 atom stereocenters. The van der Waals surface area contributed by atoms with Crippen LogP contribution in [0, 0.1) is 19.7 Å². The maximum Gasteiger partial charge on any atom is 0.346 e. The van der Waals surface area contributed by atoms with E-state index < -0.39 is 17.9 Å². The van der Waals surface area contributed by atoms with Gasteiger partial charge < -0.3 is 15.2 Å². The van der Waals surface area contributed by atoms with Gasteiger partial charge in [-0.2, -0.15) is 5.10 Å². The molecule has 2 aromatic rings. The lowest BCUT2D eigenvalue weighted by molar-refractivity contribution is -0.145. The molecule has 2 rings (SSSR count). The van der Waals surface area contributed by atoms with E-state index >= 15 is 0 Å². The minimum absolute atomic E-state index is 0.158. The molecule has 0 spiro atoms. The zero-order valence-corrected chi connectivity index (χ0v) is 14.9. The minimum atomic E-state index is -1.27. The number of rotatable bonds is 8. The summed E-state index contributed by atoms with van der Waals surface area (Å²) in [6.07, 6.45) is -1.11. The topological polar surface area (TPSA) is 93.5 Å². The molecular weight excluding hydrogens is 341 g/mol. The van der Waals surface area contributed by atoms with Crippen molar-refractivity contribution in [3.05, 3.63) is 47.5 Å². The zero-order valence-electron chi connectivity index (χ0n) is 14.9. The van der Waals surface area contributed by atoms with Crippen LogP contribution in [0.2, 0.25) is 0 Å². The number of aliphatic carboxylic acids is 1. The van der Waals surface area contributed by atoms with Gasteiger partial charge in [-0.15, -0.1) is 0 Å². The summed E-state index contributed by atoms with van der Waals surface area (Å²) < 4.78 is 19.9. The van der Waals surface area contributed by atoms with Gasteiger partial charge in [0, 0.05) is 12.1 Å². The Morgan fingerprint density at radius 1 is 1.31 bits per heavy atom. The number of carboxylic acid groups (broad SMARTS) is 1. The van der Waals surface area contributed by atoms with Gasteiger partial charge in [0.1, 0.15) is 11.6 Å². The number of benzene rings is 1. The summed E-state index contributed by atoms with van der Waals surface area (Å²) in [6.45, 7) is 5.45. The van der Waals surface area contributed by atoms with Gasteiger partial charge >= 0.3 is 5.97 Å². The molecule has 0 saturated carbocycles. The van der Waals surface area contributed by atoms with Gasteiger partial charge in [-0.05, 0) is 51.1 Å². The van der Waals surface area contributed by atoms with E-state index in [9.17, 15) is 19.1 Å². The third-order valence-electron chi connectivity index (χ3n) is 3.79. The third-order valence-corrected chi connectivity index (χ3v) is 3.79. The van der Waals surface area contributed by atoms with Gasteiger partial charge in [-0.3, -0.25) is 9.48 Å². The first-order chi connectivity index (χ1) is 12.3. The lowest BCUT2D eigenvalue weighted by atomic mass is 10.2. The molecule has 0 aliphatic rings. The molecule has 1 amide bonds. The number of aromatic nitrogens is 2. The van der Waals surface area contributed by atoms with Crippen molar-refractivity contribution in [2.45, 2.75) is 39.3 Å². The van der Waals surface area contributed by atoms with E-state index in [1.807, 2.05) is 26.8 Å². The first-order valence-corrected chi connectivity index (χ1v) is 8.20. The zero-order chi connectivity index (χ0) is 19.3. The summed E-state index contributed by atoms with van der Waals surface area (Å²) >= 11 is 0. The number of nitrogens with one attached hydrogen (secondary N) is 1. The Morgan fingerprint density at radius 3 is 2.50 bits per heavy atom. The fourth-order valence-electron chi connectivity index (χ4n) is 2.58. The van der Waals surface area contributed by atoms with Gasteiger partial charge in [0.15, 0.2) is 0 Å². The highest BCUT2D eigenvalue weighted by Gasteiger charge is 2.21. The molecule has 0 aliphatic carbocycles. The van der Waals surface area contributed by atoms with E-state index in [4.69, 9.17) is 4.74 Å².